The van der Waals surface area contributed by atoms with Crippen molar-refractivity contribution in [2.75, 3.05) is 12.5 Å². The molecule has 2 unspecified atom stereocenters. The first kappa shape index (κ1) is 15.1. The van der Waals surface area contributed by atoms with Crippen LogP contribution in [-0.4, -0.2) is 24.2 Å². The first-order valence-corrected chi connectivity index (χ1v) is 7.17. The maximum atomic E-state index is 12.2. The molecular formula is C11H15ClN2O3P+. The summed E-state index contributed by atoms with van der Waals surface area (Å²) in [6.07, 6.45) is 0. The smallest absolute Gasteiger partial charge is 0.326 e. The standard InChI is InChI=1S/C11H14ClN2O3P/c1-8-2-4-9(5-3-8)18(16)11(10(15)14-13)17-7-6-12/h2-5,11H,6-7,13H2,1H3/p+1. The monoisotopic (exact) mass is 289 g/mol. The van der Waals surface area contributed by atoms with E-state index in [9.17, 15) is 9.36 Å². The van der Waals surface area contributed by atoms with Gasteiger partial charge in [0.05, 0.1) is 6.61 Å². The summed E-state index contributed by atoms with van der Waals surface area (Å²) in [5.41, 5.74) is 2.99. The van der Waals surface area contributed by atoms with Crippen molar-refractivity contribution < 1.29 is 14.1 Å². The van der Waals surface area contributed by atoms with Crippen LogP contribution in [0.4, 0.5) is 0 Å². The van der Waals surface area contributed by atoms with E-state index in [0.717, 1.165) is 5.56 Å². The number of hydrogen-bond donors (Lipinski definition) is 2. The molecule has 0 fully saturated rings. The molecule has 18 heavy (non-hydrogen) atoms. The number of carbonyl (C=O) groups excluding carboxylic acids is 1. The normalized spacial score (nSPS) is 12.9. The second kappa shape index (κ2) is 7.44. The van der Waals surface area contributed by atoms with Crippen LogP contribution in [0, 0.1) is 6.92 Å². The fourth-order valence-electron chi connectivity index (χ4n) is 1.30. The van der Waals surface area contributed by atoms with Crippen LogP contribution in [0.25, 0.3) is 0 Å². The van der Waals surface area contributed by atoms with Crippen molar-refractivity contribution in [3.05, 3.63) is 29.8 Å². The summed E-state index contributed by atoms with van der Waals surface area (Å²) in [7, 11) is -2.03. The van der Waals surface area contributed by atoms with Gasteiger partial charge in [-0.3, -0.25) is 10.2 Å². The van der Waals surface area contributed by atoms with Crippen LogP contribution in [0.15, 0.2) is 24.3 Å². The Kier molecular flexibility index (Phi) is 6.22. The van der Waals surface area contributed by atoms with Gasteiger partial charge in [-0.15, -0.1) is 11.6 Å². The second-order valence-electron chi connectivity index (χ2n) is 3.58. The highest BCUT2D eigenvalue weighted by atomic mass is 35.5. The molecule has 0 aromatic heterocycles. The van der Waals surface area contributed by atoms with Gasteiger partial charge in [0, 0.05) is 5.88 Å². The van der Waals surface area contributed by atoms with Crippen molar-refractivity contribution in [3.8, 4) is 0 Å². The number of aryl methyl sites for hydroxylation is 1. The zero-order valence-electron chi connectivity index (χ0n) is 9.93. The van der Waals surface area contributed by atoms with Gasteiger partial charge in [0.25, 0.3) is 0 Å². The molecule has 2 atom stereocenters. The van der Waals surface area contributed by atoms with Crippen LogP contribution in [-0.2, 0) is 14.1 Å². The Morgan fingerprint density at radius 2 is 2.11 bits per heavy atom. The molecule has 98 valence electrons. The molecular weight excluding hydrogens is 275 g/mol. The summed E-state index contributed by atoms with van der Waals surface area (Å²) in [4.78, 5) is 11.5. The van der Waals surface area contributed by atoms with Crippen LogP contribution < -0.4 is 16.6 Å². The summed E-state index contributed by atoms with van der Waals surface area (Å²) in [6, 6.07) is 7.05. The maximum Gasteiger partial charge on any atom is 0.419 e. The molecule has 0 spiro atoms. The average molecular weight is 290 g/mol. The lowest BCUT2D eigenvalue weighted by Gasteiger charge is -2.06. The SMILES string of the molecule is Cc1ccc([P+](=O)C(OCCCl)C(=O)NN)cc1. The van der Waals surface area contributed by atoms with E-state index in [2.05, 4.69) is 0 Å². The van der Waals surface area contributed by atoms with E-state index in [1.165, 1.54) is 0 Å². The summed E-state index contributed by atoms with van der Waals surface area (Å²) >= 11 is 5.48. The lowest BCUT2D eigenvalue weighted by atomic mass is 10.2. The zero-order chi connectivity index (χ0) is 13.5. The average Bonchev–Trinajstić information content (AvgIpc) is 2.39. The quantitative estimate of drug-likeness (QED) is 0.269. The summed E-state index contributed by atoms with van der Waals surface area (Å²) in [5, 5.41) is 0.541. The van der Waals surface area contributed by atoms with E-state index in [1.54, 1.807) is 12.1 Å². The maximum absolute atomic E-state index is 12.2. The van der Waals surface area contributed by atoms with Gasteiger partial charge in [0.1, 0.15) is 0 Å². The molecule has 0 aliphatic heterocycles. The Bertz CT molecular complexity index is 425. The molecule has 0 saturated carbocycles. The topological polar surface area (TPSA) is 81.4 Å². The van der Waals surface area contributed by atoms with Crippen LogP contribution in [0.3, 0.4) is 0 Å². The highest BCUT2D eigenvalue weighted by Gasteiger charge is 2.40. The molecule has 5 nitrogen and oxygen atoms in total. The number of hydrogen-bond acceptors (Lipinski definition) is 4. The molecule has 1 aromatic rings. The third kappa shape index (κ3) is 4.03. The summed E-state index contributed by atoms with van der Waals surface area (Å²) in [5.74, 6) is 3.51. The van der Waals surface area contributed by atoms with Crippen LogP contribution >= 0.6 is 19.4 Å². The fourth-order valence-corrected chi connectivity index (χ4v) is 2.64. The van der Waals surface area contributed by atoms with E-state index in [0.29, 0.717) is 5.30 Å². The van der Waals surface area contributed by atoms with Crippen molar-refractivity contribution in [1.82, 2.24) is 5.43 Å². The van der Waals surface area contributed by atoms with Gasteiger partial charge < -0.3 is 4.74 Å². The number of rotatable bonds is 6. The van der Waals surface area contributed by atoms with E-state index >= 15 is 0 Å². The van der Waals surface area contributed by atoms with Crippen molar-refractivity contribution >= 4 is 30.6 Å². The molecule has 0 radical (unpaired) electrons. The van der Waals surface area contributed by atoms with E-state index in [4.69, 9.17) is 22.2 Å². The number of benzene rings is 1. The van der Waals surface area contributed by atoms with Gasteiger partial charge in [0.2, 0.25) is 0 Å². The fraction of sp³-hybridized carbons (Fsp3) is 0.364. The van der Waals surface area contributed by atoms with Gasteiger partial charge in [0.15, 0.2) is 5.30 Å². The number of halogens is 1. The predicted octanol–water partition coefficient (Wildman–Crippen LogP) is 1.02. The lowest BCUT2D eigenvalue weighted by Crippen LogP contribution is -2.40. The van der Waals surface area contributed by atoms with E-state index in [1.807, 2.05) is 24.5 Å². The van der Waals surface area contributed by atoms with Crippen LogP contribution in [0.2, 0.25) is 0 Å². The minimum absolute atomic E-state index is 0.132. The van der Waals surface area contributed by atoms with Crippen molar-refractivity contribution in [2.45, 2.75) is 12.8 Å². The third-order valence-corrected chi connectivity index (χ3v) is 3.99. The van der Waals surface area contributed by atoms with Gasteiger partial charge in [-0.2, -0.15) is 0 Å². The van der Waals surface area contributed by atoms with Crippen molar-refractivity contribution in [1.29, 1.82) is 0 Å². The van der Waals surface area contributed by atoms with Gasteiger partial charge in [-0.1, -0.05) is 22.3 Å². The Morgan fingerprint density at radius 3 is 2.61 bits per heavy atom. The molecule has 0 bridgehead atoms. The minimum atomic E-state index is -2.03. The highest BCUT2D eigenvalue weighted by molar-refractivity contribution is 7.55. The number of ether oxygens (including phenoxy) is 1. The highest BCUT2D eigenvalue weighted by Crippen LogP contribution is 2.28. The number of carbonyl (C=O) groups is 1. The number of amides is 1. The number of hydrazine groups is 1. The van der Waals surface area contributed by atoms with E-state index in [-0.39, 0.29) is 12.5 Å². The molecule has 1 amide bonds. The Hall–Kier alpha value is -1.00. The Labute approximate surface area is 111 Å². The van der Waals surface area contributed by atoms with E-state index < -0.39 is 19.6 Å². The Balaban J connectivity index is 2.87. The summed E-state index contributed by atoms with van der Waals surface area (Å²) < 4.78 is 17.4. The van der Waals surface area contributed by atoms with Gasteiger partial charge in [-0.05, 0) is 19.1 Å². The number of nitrogens with two attached hydrogens (primary N) is 1. The molecule has 0 saturated heterocycles. The lowest BCUT2D eigenvalue weighted by molar-refractivity contribution is -0.127. The third-order valence-electron chi connectivity index (χ3n) is 2.22. The van der Waals surface area contributed by atoms with Gasteiger partial charge >= 0.3 is 19.6 Å². The van der Waals surface area contributed by atoms with Crippen molar-refractivity contribution in [3.63, 3.8) is 0 Å². The molecule has 7 heteroatoms. The van der Waals surface area contributed by atoms with Crippen molar-refractivity contribution in [2.24, 2.45) is 5.84 Å². The summed E-state index contributed by atoms with van der Waals surface area (Å²) in [6.45, 7) is 2.05. The second-order valence-corrected chi connectivity index (χ2v) is 5.60. The molecule has 0 aliphatic rings. The molecule has 1 aromatic carbocycles. The van der Waals surface area contributed by atoms with Crippen LogP contribution in [0.1, 0.15) is 5.56 Å². The van der Waals surface area contributed by atoms with Gasteiger partial charge in [-0.25, -0.2) is 5.84 Å². The molecule has 1 rings (SSSR count). The largest absolute Gasteiger partial charge is 0.419 e. The molecule has 0 aliphatic carbocycles. The number of alkyl halides is 1. The number of nitrogens with one attached hydrogen (secondary N) is 1. The molecule has 0 heterocycles. The zero-order valence-corrected chi connectivity index (χ0v) is 11.6. The first-order chi connectivity index (χ1) is 8.60. The first-order valence-electron chi connectivity index (χ1n) is 5.31. The Morgan fingerprint density at radius 1 is 1.50 bits per heavy atom. The minimum Gasteiger partial charge on any atom is -0.326 e. The predicted molar refractivity (Wildman–Crippen MR) is 71.2 cm³/mol. The molecule has 3 N–H and O–H groups in total. The van der Waals surface area contributed by atoms with Crippen LogP contribution in [0.5, 0.6) is 0 Å².